The Morgan fingerprint density at radius 3 is 2.37 bits per heavy atom. The summed E-state index contributed by atoms with van der Waals surface area (Å²) in [4.78, 5) is 0. The third-order valence-corrected chi connectivity index (χ3v) is 3.37. The Balaban J connectivity index is 1.89. The summed E-state index contributed by atoms with van der Waals surface area (Å²) < 4.78 is 5.84. The Hall–Kier alpha value is -2.36. The van der Waals surface area contributed by atoms with Crippen molar-refractivity contribution in [1.82, 2.24) is 0 Å². The molecule has 0 spiro atoms. The zero-order valence-electron chi connectivity index (χ0n) is 10.2. The van der Waals surface area contributed by atoms with Crippen LogP contribution in [0.15, 0.2) is 36.4 Å². The Bertz CT molecular complexity index is 604. The van der Waals surface area contributed by atoms with Crippen LogP contribution < -0.4 is 4.74 Å². The summed E-state index contributed by atoms with van der Waals surface area (Å²) in [5.74, 6) is 0.526. The molecule has 1 aliphatic rings. The van der Waals surface area contributed by atoms with Crippen LogP contribution in [0.2, 0.25) is 0 Å². The first kappa shape index (κ1) is 11.7. The molecule has 0 aliphatic carbocycles. The number of fused-ring (bicyclic) bond motifs is 1. The first-order valence-electron chi connectivity index (χ1n) is 6.14. The summed E-state index contributed by atoms with van der Waals surface area (Å²) >= 11 is 0. The van der Waals surface area contributed by atoms with Gasteiger partial charge in [-0.15, -0.1) is 0 Å². The molecule has 2 aromatic rings. The number of ether oxygens (including phenoxy) is 1. The average Bonchev–Trinajstić information content (AvgIpc) is 2.40. The minimum absolute atomic E-state index is 0.1000. The van der Waals surface area contributed by atoms with Crippen molar-refractivity contribution >= 4 is 0 Å². The van der Waals surface area contributed by atoms with Crippen LogP contribution in [0.4, 0.5) is 0 Å². The summed E-state index contributed by atoms with van der Waals surface area (Å²) in [5, 5.41) is 28.2. The fourth-order valence-electron chi connectivity index (χ4n) is 2.33. The highest BCUT2D eigenvalue weighted by molar-refractivity contribution is 5.50. The van der Waals surface area contributed by atoms with Crippen molar-refractivity contribution in [2.45, 2.75) is 18.9 Å². The van der Waals surface area contributed by atoms with Crippen LogP contribution in [0.5, 0.6) is 23.0 Å². The number of hydrogen-bond donors (Lipinski definition) is 3. The van der Waals surface area contributed by atoms with Gasteiger partial charge in [0.25, 0.3) is 0 Å². The maximum Gasteiger partial charge on any atom is 0.161 e. The smallest absolute Gasteiger partial charge is 0.161 e. The van der Waals surface area contributed by atoms with Crippen LogP contribution in [0.1, 0.15) is 23.7 Å². The fourth-order valence-corrected chi connectivity index (χ4v) is 2.33. The number of aryl methyl sites for hydroxylation is 1. The molecule has 0 amide bonds. The lowest BCUT2D eigenvalue weighted by molar-refractivity contribution is 0.175. The second-order valence-corrected chi connectivity index (χ2v) is 4.69. The Kier molecular flexibility index (Phi) is 2.71. The minimum Gasteiger partial charge on any atom is -0.508 e. The van der Waals surface area contributed by atoms with Crippen LogP contribution in [0.3, 0.4) is 0 Å². The van der Waals surface area contributed by atoms with E-state index in [9.17, 15) is 15.3 Å². The number of rotatable bonds is 1. The van der Waals surface area contributed by atoms with Gasteiger partial charge >= 0.3 is 0 Å². The van der Waals surface area contributed by atoms with E-state index in [0.717, 1.165) is 24.0 Å². The second-order valence-electron chi connectivity index (χ2n) is 4.69. The standard InChI is InChI=1S/C15H14O4/c16-11-4-1-9(2-5-11)14-6-3-10-7-12(17)13(18)8-15(10)19-14/h1-2,4-5,7-8,14,16-18H,3,6H2. The molecule has 98 valence electrons. The normalized spacial score (nSPS) is 17.6. The molecule has 0 bridgehead atoms. The van der Waals surface area contributed by atoms with Gasteiger partial charge in [0.15, 0.2) is 11.5 Å². The summed E-state index contributed by atoms with van der Waals surface area (Å²) in [6.45, 7) is 0. The van der Waals surface area contributed by atoms with Gasteiger partial charge in [-0.25, -0.2) is 0 Å². The van der Waals surface area contributed by atoms with E-state index in [1.807, 2.05) is 12.1 Å². The summed E-state index contributed by atoms with van der Waals surface area (Å²) in [5.41, 5.74) is 1.88. The van der Waals surface area contributed by atoms with Crippen LogP contribution in [0, 0.1) is 0 Å². The Labute approximate surface area is 110 Å². The van der Waals surface area contributed by atoms with Gasteiger partial charge in [-0.2, -0.15) is 0 Å². The Morgan fingerprint density at radius 2 is 1.63 bits per heavy atom. The lowest BCUT2D eigenvalue weighted by Gasteiger charge is -2.26. The van der Waals surface area contributed by atoms with E-state index >= 15 is 0 Å². The molecule has 3 N–H and O–H groups in total. The van der Waals surface area contributed by atoms with Crippen LogP contribution in [-0.4, -0.2) is 15.3 Å². The monoisotopic (exact) mass is 258 g/mol. The van der Waals surface area contributed by atoms with E-state index < -0.39 is 0 Å². The summed E-state index contributed by atoms with van der Waals surface area (Å²) in [7, 11) is 0. The molecule has 3 rings (SSSR count). The van der Waals surface area contributed by atoms with Gasteiger partial charge < -0.3 is 20.1 Å². The highest BCUT2D eigenvalue weighted by Crippen LogP contribution is 2.40. The van der Waals surface area contributed by atoms with Crippen molar-refractivity contribution in [3.05, 3.63) is 47.5 Å². The van der Waals surface area contributed by atoms with Crippen molar-refractivity contribution in [1.29, 1.82) is 0 Å². The van der Waals surface area contributed by atoms with Gasteiger partial charge in [0.05, 0.1) is 0 Å². The molecule has 2 aromatic carbocycles. The summed E-state index contributed by atoms with van der Waals surface area (Å²) in [6.07, 6.45) is 1.47. The zero-order valence-corrected chi connectivity index (χ0v) is 10.2. The maximum absolute atomic E-state index is 9.51. The predicted octanol–water partition coefficient (Wildman–Crippen LogP) is 2.87. The molecule has 0 saturated carbocycles. The van der Waals surface area contributed by atoms with Crippen LogP contribution >= 0.6 is 0 Å². The third kappa shape index (κ3) is 2.17. The van der Waals surface area contributed by atoms with E-state index in [0.29, 0.717) is 5.75 Å². The second kappa shape index (κ2) is 4.39. The van der Waals surface area contributed by atoms with Crippen molar-refractivity contribution in [3.63, 3.8) is 0 Å². The molecule has 0 fully saturated rings. The van der Waals surface area contributed by atoms with E-state index in [1.54, 1.807) is 12.1 Å². The fraction of sp³-hybridized carbons (Fsp3) is 0.200. The van der Waals surface area contributed by atoms with Crippen molar-refractivity contribution in [2.75, 3.05) is 0 Å². The topological polar surface area (TPSA) is 69.9 Å². The number of phenols is 3. The predicted molar refractivity (Wildman–Crippen MR) is 69.6 cm³/mol. The molecule has 0 saturated heterocycles. The molecule has 1 unspecified atom stereocenters. The molecule has 1 atom stereocenters. The highest BCUT2D eigenvalue weighted by Gasteiger charge is 2.22. The molecule has 1 aliphatic heterocycles. The van der Waals surface area contributed by atoms with Gasteiger partial charge in [-0.05, 0) is 42.2 Å². The molecular weight excluding hydrogens is 244 g/mol. The molecule has 19 heavy (non-hydrogen) atoms. The molecule has 0 radical (unpaired) electrons. The minimum atomic E-state index is -0.176. The molecule has 0 aromatic heterocycles. The molecular formula is C15H14O4. The van der Waals surface area contributed by atoms with Crippen LogP contribution in [-0.2, 0) is 6.42 Å². The zero-order chi connectivity index (χ0) is 13.4. The number of phenolic OH excluding ortho intramolecular Hbond substituents is 3. The quantitative estimate of drug-likeness (QED) is 0.688. The maximum atomic E-state index is 9.51. The number of aromatic hydroxyl groups is 3. The molecule has 4 nitrogen and oxygen atoms in total. The van der Waals surface area contributed by atoms with E-state index in [1.165, 1.54) is 12.1 Å². The first-order chi connectivity index (χ1) is 9.13. The van der Waals surface area contributed by atoms with E-state index in [2.05, 4.69) is 0 Å². The van der Waals surface area contributed by atoms with Gasteiger partial charge in [0, 0.05) is 6.07 Å². The summed E-state index contributed by atoms with van der Waals surface area (Å²) in [6, 6.07) is 9.89. The molecule has 1 heterocycles. The Morgan fingerprint density at radius 1 is 0.947 bits per heavy atom. The third-order valence-electron chi connectivity index (χ3n) is 3.37. The van der Waals surface area contributed by atoms with E-state index in [4.69, 9.17) is 4.74 Å². The lowest BCUT2D eigenvalue weighted by atomic mass is 9.97. The number of hydrogen-bond acceptors (Lipinski definition) is 4. The van der Waals surface area contributed by atoms with Gasteiger partial charge in [0.2, 0.25) is 0 Å². The van der Waals surface area contributed by atoms with Gasteiger partial charge in [-0.1, -0.05) is 12.1 Å². The van der Waals surface area contributed by atoms with Gasteiger partial charge in [0.1, 0.15) is 17.6 Å². The van der Waals surface area contributed by atoms with Crippen molar-refractivity contribution < 1.29 is 20.1 Å². The first-order valence-corrected chi connectivity index (χ1v) is 6.14. The lowest BCUT2D eigenvalue weighted by Crippen LogP contribution is -2.14. The largest absolute Gasteiger partial charge is 0.508 e. The number of benzene rings is 2. The highest BCUT2D eigenvalue weighted by atomic mass is 16.5. The van der Waals surface area contributed by atoms with Gasteiger partial charge in [-0.3, -0.25) is 0 Å². The van der Waals surface area contributed by atoms with Crippen molar-refractivity contribution in [2.24, 2.45) is 0 Å². The van der Waals surface area contributed by atoms with E-state index in [-0.39, 0.29) is 23.4 Å². The SMILES string of the molecule is Oc1ccc(C2CCc3cc(O)c(O)cc3O2)cc1. The van der Waals surface area contributed by atoms with Crippen LogP contribution in [0.25, 0.3) is 0 Å². The average molecular weight is 258 g/mol. The molecule has 4 heteroatoms. The van der Waals surface area contributed by atoms with Crippen molar-refractivity contribution in [3.8, 4) is 23.0 Å².